The lowest BCUT2D eigenvalue weighted by molar-refractivity contribution is -0.169. The molecule has 1 aliphatic rings. The van der Waals surface area contributed by atoms with Gasteiger partial charge in [-0.3, -0.25) is 0 Å². The van der Waals surface area contributed by atoms with Crippen molar-refractivity contribution in [3.05, 3.63) is 65.7 Å². The van der Waals surface area contributed by atoms with Crippen molar-refractivity contribution in [3.63, 3.8) is 0 Å². The van der Waals surface area contributed by atoms with E-state index < -0.39 is 11.6 Å². The van der Waals surface area contributed by atoms with Crippen LogP contribution < -0.4 is 4.90 Å². The second kappa shape index (κ2) is 8.11. The Hall–Kier alpha value is -2.37. The van der Waals surface area contributed by atoms with Gasteiger partial charge >= 0.3 is 5.97 Å². The molecule has 0 spiro atoms. The third-order valence-corrected chi connectivity index (χ3v) is 5.23. The number of ether oxygens (including phenoxy) is 1. The second-order valence-corrected chi connectivity index (χ2v) is 7.43. The van der Waals surface area contributed by atoms with Crippen LogP contribution >= 0.6 is 0 Å². The van der Waals surface area contributed by atoms with Crippen LogP contribution in [0.4, 0.5) is 5.69 Å². The number of hydrogen-bond donors (Lipinski definition) is 1. The minimum absolute atomic E-state index is 0.162. The topological polar surface area (TPSA) is 53.0 Å². The van der Waals surface area contributed by atoms with E-state index in [0.717, 1.165) is 31.6 Å². The number of likely N-dealkylation sites (tertiary alicyclic amines) is 1. The number of rotatable bonds is 5. The minimum Gasteiger partial charge on any atom is -0.460 e. The van der Waals surface area contributed by atoms with Crippen molar-refractivity contribution in [2.75, 3.05) is 39.1 Å². The number of esters is 1. The molecule has 0 aliphatic carbocycles. The summed E-state index contributed by atoms with van der Waals surface area (Å²) < 4.78 is 5.77. The standard InChI is InChI=1S/C22H28N2O3/c1-23(2)19-11-9-18(10-12-19)22(26,17-7-5-4-6-8-17)21(25)27-20-13-15-24(3)16-14-20/h4-12,20,26H,13-16H2,1-3H3/t22-/m0/s1. The number of hydrogen-bond acceptors (Lipinski definition) is 5. The van der Waals surface area contributed by atoms with Crippen molar-refractivity contribution in [1.82, 2.24) is 4.90 Å². The van der Waals surface area contributed by atoms with Gasteiger partial charge in [0.15, 0.2) is 0 Å². The Morgan fingerprint density at radius 1 is 1.04 bits per heavy atom. The molecular formula is C22H28N2O3. The predicted octanol–water partition coefficient (Wildman–Crippen LogP) is 2.63. The van der Waals surface area contributed by atoms with Gasteiger partial charge < -0.3 is 19.6 Å². The summed E-state index contributed by atoms with van der Waals surface area (Å²) in [7, 11) is 5.96. The number of aliphatic hydroxyl groups is 1. The van der Waals surface area contributed by atoms with Crippen LogP contribution in [-0.4, -0.2) is 56.3 Å². The maximum Gasteiger partial charge on any atom is 0.347 e. The zero-order valence-corrected chi connectivity index (χ0v) is 16.3. The van der Waals surface area contributed by atoms with Crippen LogP contribution in [0.25, 0.3) is 0 Å². The molecule has 0 amide bonds. The highest BCUT2D eigenvalue weighted by Gasteiger charge is 2.43. The van der Waals surface area contributed by atoms with E-state index in [2.05, 4.69) is 11.9 Å². The maximum absolute atomic E-state index is 13.1. The normalized spacial score (nSPS) is 17.9. The first-order valence-corrected chi connectivity index (χ1v) is 9.36. The molecule has 1 saturated heterocycles. The highest BCUT2D eigenvalue weighted by Crippen LogP contribution is 2.33. The molecule has 27 heavy (non-hydrogen) atoms. The van der Waals surface area contributed by atoms with E-state index in [-0.39, 0.29) is 6.10 Å². The van der Waals surface area contributed by atoms with Crippen molar-refractivity contribution < 1.29 is 14.6 Å². The van der Waals surface area contributed by atoms with E-state index in [0.29, 0.717) is 11.1 Å². The monoisotopic (exact) mass is 368 g/mol. The first-order chi connectivity index (χ1) is 12.9. The Bertz CT molecular complexity index is 753. The van der Waals surface area contributed by atoms with Gasteiger partial charge in [0.25, 0.3) is 0 Å². The van der Waals surface area contributed by atoms with E-state index in [4.69, 9.17) is 4.74 Å². The average molecular weight is 368 g/mol. The summed E-state index contributed by atoms with van der Waals surface area (Å²) in [5.74, 6) is -0.610. The van der Waals surface area contributed by atoms with Gasteiger partial charge in [-0.2, -0.15) is 0 Å². The third kappa shape index (κ3) is 4.15. The Kier molecular flexibility index (Phi) is 5.82. The summed E-state index contributed by atoms with van der Waals surface area (Å²) >= 11 is 0. The second-order valence-electron chi connectivity index (χ2n) is 7.43. The van der Waals surface area contributed by atoms with Crippen LogP contribution in [0.1, 0.15) is 24.0 Å². The molecule has 2 aromatic rings. The molecule has 5 nitrogen and oxygen atoms in total. The van der Waals surface area contributed by atoms with Crippen molar-refractivity contribution >= 4 is 11.7 Å². The van der Waals surface area contributed by atoms with Gasteiger partial charge in [0.05, 0.1) is 0 Å². The Morgan fingerprint density at radius 3 is 2.15 bits per heavy atom. The summed E-state index contributed by atoms with van der Waals surface area (Å²) in [4.78, 5) is 17.3. The van der Waals surface area contributed by atoms with Crippen LogP contribution in [0.3, 0.4) is 0 Å². The Balaban J connectivity index is 1.91. The minimum atomic E-state index is -1.82. The lowest BCUT2D eigenvalue weighted by atomic mass is 9.86. The Labute approximate surface area is 161 Å². The highest BCUT2D eigenvalue weighted by atomic mass is 16.6. The van der Waals surface area contributed by atoms with Gasteiger partial charge in [0.2, 0.25) is 5.60 Å². The molecule has 0 unspecified atom stereocenters. The lowest BCUT2D eigenvalue weighted by Crippen LogP contribution is -2.43. The fourth-order valence-corrected chi connectivity index (χ4v) is 3.42. The molecule has 5 heteroatoms. The first-order valence-electron chi connectivity index (χ1n) is 9.36. The molecule has 1 aliphatic heterocycles. The van der Waals surface area contributed by atoms with Crippen LogP contribution in [0, 0.1) is 0 Å². The predicted molar refractivity (Wildman–Crippen MR) is 107 cm³/mol. The molecule has 0 radical (unpaired) electrons. The van der Waals surface area contributed by atoms with Gasteiger partial charge in [0, 0.05) is 32.9 Å². The van der Waals surface area contributed by atoms with Crippen LogP contribution in [0.2, 0.25) is 0 Å². The Morgan fingerprint density at radius 2 is 1.59 bits per heavy atom. The molecule has 0 saturated carbocycles. The SMILES string of the molecule is CN1CCC(OC(=O)[C@](O)(c2ccccc2)c2ccc(N(C)C)cc2)CC1. The first kappa shape index (κ1) is 19.4. The van der Waals surface area contributed by atoms with Crippen LogP contribution in [0.5, 0.6) is 0 Å². The molecule has 1 heterocycles. The summed E-state index contributed by atoms with van der Waals surface area (Å²) in [5, 5.41) is 11.5. The van der Waals surface area contributed by atoms with Crippen LogP contribution in [0.15, 0.2) is 54.6 Å². The molecule has 1 fully saturated rings. The van der Waals surface area contributed by atoms with Crippen molar-refractivity contribution in [2.24, 2.45) is 0 Å². The molecule has 0 aromatic heterocycles. The zero-order chi connectivity index (χ0) is 19.4. The fourth-order valence-electron chi connectivity index (χ4n) is 3.42. The molecular weight excluding hydrogens is 340 g/mol. The van der Waals surface area contributed by atoms with E-state index in [9.17, 15) is 9.90 Å². The van der Waals surface area contributed by atoms with Crippen molar-refractivity contribution in [2.45, 2.75) is 24.5 Å². The summed E-state index contributed by atoms with van der Waals surface area (Å²) in [6.07, 6.45) is 1.41. The van der Waals surface area contributed by atoms with Crippen molar-refractivity contribution in [3.8, 4) is 0 Å². The number of nitrogens with zero attached hydrogens (tertiary/aromatic N) is 2. The number of carbonyl (C=O) groups excluding carboxylic acids is 1. The number of carbonyl (C=O) groups is 1. The highest BCUT2D eigenvalue weighted by molar-refractivity contribution is 5.85. The van der Waals surface area contributed by atoms with Gasteiger partial charge in [-0.1, -0.05) is 42.5 Å². The van der Waals surface area contributed by atoms with Crippen LogP contribution in [-0.2, 0) is 15.1 Å². The number of anilines is 1. The largest absolute Gasteiger partial charge is 0.460 e. The van der Waals surface area contributed by atoms with Gasteiger partial charge in [-0.05, 0) is 43.1 Å². The van der Waals surface area contributed by atoms with Gasteiger partial charge in [0.1, 0.15) is 6.10 Å². The molecule has 1 atom stereocenters. The molecule has 0 bridgehead atoms. The van der Waals surface area contributed by atoms with E-state index >= 15 is 0 Å². The van der Waals surface area contributed by atoms with E-state index in [1.165, 1.54) is 0 Å². The van der Waals surface area contributed by atoms with E-state index in [1.807, 2.05) is 49.3 Å². The molecule has 1 N–H and O–H groups in total. The maximum atomic E-state index is 13.1. The fraction of sp³-hybridized carbons (Fsp3) is 0.409. The molecule has 144 valence electrons. The lowest BCUT2D eigenvalue weighted by Gasteiger charge is -2.33. The smallest absolute Gasteiger partial charge is 0.347 e. The number of piperidine rings is 1. The summed E-state index contributed by atoms with van der Waals surface area (Å²) in [6.45, 7) is 1.78. The third-order valence-electron chi connectivity index (χ3n) is 5.23. The molecule has 3 rings (SSSR count). The quantitative estimate of drug-likeness (QED) is 0.823. The van der Waals surface area contributed by atoms with Crippen molar-refractivity contribution in [1.29, 1.82) is 0 Å². The van der Waals surface area contributed by atoms with Gasteiger partial charge in [-0.15, -0.1) is 0 Å². The average Bonchev–Trinajstić information content (AvgIpc) is 2.69. The van der Waals surface area contributed by atoms with Gasteiger partial charge in [-0.25, -0.2) is 4.79 Å². The zero-order valence-electron chi connectivity index (χ0n) is 16.3. The number of benzene rings is 2. The summed E-state index contributed by atoms with van der Waals surface area (Å²) in [5.41, 5.74) is 0.200. The molecule has 2 aromatic carbocycles. The summed E-state index contributed by atoms with van der Waals surface area (Å²) in [6, 6.07) is 16.4. The van der Waals surface area contributed by atoms with E-state index in [1.54, 1.807) is 24.3 Å².